The maximum Gasteiger partial charge on any atom is 0.226 e. The summed E-state index contributed by atoms with van der Waals surface area (Å²) in [5.41, 5.74) is 2.71. The van der Waals surface area contributed by atoms with Crippen molar-refractivity contribution < 1.29 is 18.8 Å². The molecule has 0 bridgehead atoms. The summed E-state index contributed by atoms with van der Waals surface area (Å²) in [6, 6.07) is 15.4. The molecule has 1 amide bonds. The SMILES string of the molecule is COc1ccccc1-c1noc(CCCC(=O)Nc2ccc(N3CCOCC3)cc2)n1. The Labute approximate surface area is 181 Å². The van der Waals surface area contributed by atoms with Crippen molar-refractivity contribution in [2.75, 3.05) is 43.6 Å². The highest BCUT2D eigenvalue weighted by molar-refractivity contribution is 5.90. The van der Waals surface area contributed by atoms with E-state index in [9.17, 15) is 4.79 Å². The van der Waals surface area contributed by atoms with Gasteiger partial charge in [-0.25, -0.2) is 0 Å². The minimum absolute atomic E-state index is 0.0383. The largest absolute Gasteiger partial charge is 0.496 e. The molecule has 4 rings (SSSR count). The van der Waals surface area contributed by atoms with E-state index in [1.807, 2.05) is 48.5 Å². The molecule has 3 aromatic rings. The second-order valence-electron chi connectivity index (χ2n) is 7.26. The number of morpholine rings is 1. The number of hydrogen-bond donors (Lipinski definition) is 1. The number of nitrogens with one attached hydrogen (secondary N) is 1. The molecule has 2 aromatic carbocycles. The lowest BCUT2D eigenvalue weighted by molar-refractivity contribution is -0.116. The Morgan fingerprint density at radius 2 is 1.90 bits per heavy atom. The van der Waals surface area contributed by atoms with E-state index in [1.54, 1.807) is 7.11 Å². The van der Waals surface area contributed by atoms with E-state index >= 15 is 0 Å². The fourth-order valence-corrected chi connectivity index (χ4v) is 3.50. The van der Waals surface area contributed by atoms with E-state index in [1.165, 1.54) is 0 Å². The van der Waals surface area contributed by atoms with Gasteiger partial charge >= 0.3 is 0 Å². The lowest BCUT2D eigenvalue weighted by Gasteiger charge is -2.28. The van der Waals surface area contributed by atoms with Gasteiger partial charge in [0, 0.05) is 37.3 Å². The molecule has 1 fully saturated rings. The third kappa shape index (κ3) is 5.40. The lowest BCUT2D eigenvalue weighted by Crippen LogP contribution is -2.36. The first-order chi connectivity index (χ1) is 15.2. The second-order valence-corrected chi connectivity index (χ2v) is 7.26. The van der Waals surface area contributed by atoms with E-state index in [-0.39, 0.29) is 5.91 Å². The third-order valence-electron chi connectivity index (χ3n) is 5.14. The maximum atomic E-state index is 12.3. The highest BCUT2D eigenvalue weighted by atomic mass is 16.5. The third-order valence-corrected chi connectivity index (χ3v) is 5.14. The number of hydrogen-bond acceptors (Lipinski definition) is 7. The zero-order valence-electron chi connectivity index (χ0n) is 17.5. The van der Waals surface area contributed by atoms with Crippen molar-refractivity contribution in [1.29, 1.82) is 0 Å². The van der Waals surface area contributed by atoms with Crippen molar-refractivity contribution in [2.45, 2.75) is 19.3 Å². The number of anilines is 2. The van der Waals surface area contributed by atoms with Crippen LogP contribution in [0.15, 0.2) is 53.1 Å². The van der Waals surface area contributed by atoms with Gasteiger partial charge in [-0.05, 0) is 42.8 Å². The normalized spacial score (nSPS) is 13.8. The number of nitrogens with zero attached hydrogens (tertiary/aromatic N) is 3. The van der Waals surface area contributed by atoms with Crippen molar-refractivity contribution >= 4 is 17.3 Å². The number of aromatic nitrogens is 2. The Hall–Kier alpha value is -3.39. The fraction of sp³-hybridized carbons (Fsp3) is 0.348. The van der Waals surface area contributed by atoms with E-state index in [4.69, 9.17) is 14.0 Å². The first-order valence-electron chi connectivity index (χ1n) is 10.4. The summed E-state index contributed by atoms with van der Waals surface area (Å²) in [6.07, 6.45) is 1.52. The Balaban J connectivity index is 1.25. The summed E-state index contributed by atoms with van der Waals surface area (Å²) < 4.78 is 16.0. The molecule has 0 spiro atoms. The Kier molecular flexibility index (Phi) is 6.78. The molecule has 1 N–H and O–H groups in total. The highest BCUT2D eigenvalue weighted by Gasteiger charge is 2.14. The monoisotopic (exact) mass is 422 g/mol. The van der Waals surface area contributed by atoms with E-state index in [0.717, 1.165) is 43.2 Å². The van der Waals surface area contributed by atoms with Gasteiger partial charge in [0.05, 0.1) is 25.9 Å². The van der Waals surface area contributed by atoms with Gasteiger partial charge in [0.25, 0.3) is 0 Å². The number of aryl methyl sites for hydroxylation is 1. The van der Waals surface area contributed by atoms with Crippen LogP contribution in [0.5, 0.6) is 5.75 Å². The Morgan fingerprint density at radius 3 is 2.68 bits per heavy atom. The van der Waals surface area contributed by atoms with Crippen LogP contribution in [0, 0.1) is 0 Å². The number of para-hydroxylation sites is 1. The van der Waals surface area contributed by atoms with Gasteiger partial charge in [0.15, 0.2) is 0 Å². The van der Waals surface area contributed by atoms with Crippen LogP contribution < -0.4 is 15.0 Å². The molecule has 1 aliphatic rings. The van der Waals surface area contributed by atoms with Gasteiger partial charge < -0.3 is 24.2 Å². The molecule has 8 heteroatoms. The molecule has 162 valence electrons. The number of carbonyl (C=O) groups excluding carboxylic acids is 1. The number of amides is 1. The summed E-state index contributed by atoms with van der Waals surface area (Å²) in [7, 11) is 1.61. The van der Waals surface area contributed by atoms with Crippen LogP contribution in [-0.2, 0) is 16.0 Å². The second kappa shape index (κ2) is 10.1. The van der Waals surface area contributed by atoms with E-state index < -0.39 is 0 Å². The molecule has 0 atom stereocenters. The lowest BCUT2D eigenvalue weighted by atomic mass is 10.2. The van der Waals surface area contributed by atoms with Crippen LogP contribution in [0.2, 0.25) is 0 Å². The zero-order chi connectivity index (χ0) is 21.5. The summed E-state index contributed by atoms with van der Waals surface area (Å²) in [6.45, 7) is 3.28. The molecular formula is C23H26N4O4. The van der Waals surface area contributed by atoms with Gasteiger partial charge in [-0.2, -0.15) is 4.98 Å². The predicted octanol–water partition coefficient (Wildman–Crippen LogP) is 3.54. The molecule has 0 saturated carbocycles. The molecule has 1 aliphatic heterocycles. The van der Waals surface area contributed by atoms with Gasteiger partial charge in [-0.3, -0.25) is 4.79 Å². The van der Waals surface area contributed by atoms with Crippen molar-refractivity contribution in [2.24, 2.45) is 0 Å². The average molecular weight is 422 g/mol. The van der Waals surface area contributed by atoms with Crippen LogP contribution in [-0.4, -0.2) is 49.5 Å². The van der Waals surface area contributed by atoms with Gasteiger partial charge in [-0.1, -0.05) is 17.3 Å². The quantitative estimate of drug-likeness (QED) is 0.594. The Bertz CT molecular complexity index is 997. The molecular weight excluding hydrogens is 396 g/mol. The van der Waals surface area contributed by atoms with Crippen LogP contribution in [0.25, 0.3) is 11.4 Å². The summed E-state index contributed by atoms with van der Waals surface area (Å²) in [5, 5.41) is 6.97. The molecule has 0 aliphatic carbocycles. The molecule has 0 unspecified atom stereocenters. The molecule has 2 heterocycles. The van der Waals surface area contributed by atoms with Crippen molar-refractivity contribution in [3.8, 4) is 17.1 Å². The van der Waals surface area contributed by atoms with Crippen molar-refractivity contribution in [3.63, 3.8) is 0 Å². The molecule has 1 saturated heterocycles. The molecule has 1 aromatic heterocycles. The maximum absolute atomic E-state index is 12.3. The number of benzene rings is 2. The first-order valence-corrected chi connectivity index (χ1v) is 10.4. The van der Waals surface area contributed by atoms with E-state index in [0.29, 0.717) is 36.7 Å². The van der Waals surface area contributed by atoms with Crippen molar-refractivity contribution in [1.82, 2.24) is 10.1 Å². The summed E-state index contributed by atoms with van der Waals surface area (Å²) >= 11 is 0. The highest BCUT2D eigenvalue weighted by Crippen LogP contribution is 2.27. The summed E-state index contributed by atoms with van der Waals surface area (Å²) in [4.78, 5) is 19.0. The van der Waals surface area contributed by atoms with Gasteiger partial charge in [0.2, 0.25) is 17.6 Å². The standard InChI is InChI=1S/C23H26N4O4/c1-29-20-6-3-2-5-19(20)23-25-22(31-26-23)8-4-7-21(28)24-17-9-11-18(12-10-17)27-13-15-30-16-14-27/h2-3,5-6,9-12H,4,7-8,13-16H2,1H3,(H,24,28). The fourth-order valence-electron chi connectivity index (χ4n) is 3.50. The van der Waals surface area contributed by atoms with Crippen LogP contribution in [0.4, 0.5) is 11.4 Å². The molecule has 0 radical (unpaired) electrons. The molecule has 31 heavy (non-hydrogen) atoms. The number of ether oxygens (including phenoxy) is 2. The van der Waals surface area contributed by atoms with Crippen LogP contribution >= 0.6 is 0 Å². The summed E-state index contributed by atoms with van der Waals surface area (Å²) in [5.74, 6) is 1.64. The average Bonchev–Trinajstić information content (AvgIpc) is 3.29. The van der Waals surface area contributed by atoms with Gasteiger partial charge in [-0.15, -0.1) is 0 Å². The smallest absolute Gasteiger partial charge is 0.226 e. The van der Waals surface area contributed by atoms with Crippen LogP contribution in [0.1, 0.15) is 18.7 Å². The minimum atomic E-state index is -0.0383. The Morgan fingerprint density at radius 1 is 1.13 bits per heavy atom. The first kappa shape index (κ1) is 20.9. The number of methoxy groups -OCH3 is 1. The number of rotatable bonds is 8. The van der Waals surface area contributed by atoms with Crippen LogP contribution in [0.3, 0.4) is 0 Å². The number of carbonyl (C=O) groups is 1. The van der Waals surface area contributed by atoms with E-state index in [2.05, 4.69) is 20.4 Å². The van der Waals surface area contributed by atoms with Crippen molar-refractivity contribution in [3.05, 3.63) is 54.4 Å². The van der Waals surface area contributed by atoms with Gasteiger partial charge in [0.1, 0.15) is 5.75 Å². The zero-order valence-corrected chi connectivity index (χ0v) is 17.5. The topological polar surface area (TPSA) is 89.7 Å². The molecule has 8 nitrogen and oxygen atoms in total. The predicted molar refractivity (Wildman–Crippen MR) is 117 cm³/mol. The minimum Gasteiger partial charge on any atom is -0.496 e.